The zero-order valence-corrected chi connectivity index (χ0v) is 22.1. The number of hydrogen-bond acceptors (Lipinski definition) is 8. The van der Waals surface area contributed by atoms with E-state index in [9.17, 15) is 24.8 Å². The summed E-state index contributed by atoms with van der Waals surface area (Å²) in [6.45, 7) is 4.50. The average Bonchev–Trinajstić information content (AvgIpc) is 3.46. The van der Waals surface area contributed by atoms with Gasteiger partial charge in [-0.25, -0.2) is 4.98 Å². The number of nitrogens with zero attached hydrogens (tertiary/aromatic N) is 3. The number of unbranched alkanes of at least 4 members (excludes halogenated alkanes) is 1. The minimum Gasteiger partial charge on any atom is -0.507 e. The lowest BCUT2D eigenvalue weighted by Crippen LogP contribution is -2.29. The average molecular weight is 544 g/mol. The van der Waals surface area contributed by atoms with Crippen LogP contribution in [0.2, 0.25) is 0 Å². The quantitative estimate of drug-likeness (QED) is 0.0689. The summed E-state index contributed by atoms with van der Waals surface area (Å²) in [5.74, 6) is -1.55. The molecule has 3 aromatic carbocycles. The first-order valence-electron chi connectivity index (χ1n) is 12.4. The summed E-state index contributed by atoms with van der Waals surface area (Å²) < 4.78 is 6.60. The van der Waals surface area contributed by atoms with E-state index in [1.54, 1.807) is 24.3 Å². The Hall–Kier alpha value is -4.57. The molecular weight excluding hydrogens is 518 g/mol. The maximum Gasteiger partial charge on any atom is 0.301 e. The van der Waals surface area contributed by atoms with Crippen molar-refractivity contribution in [3.8, 4) is 5.75 Å². The molecule has 1 atom stereocenters. The van der Waals surface area contributed by atoms with Gasteiger partial charge in [-0.05, 0) is 60.9 Å². The van der Waals surface area contributed by atoms with Crippen molar-refractivity contribution < 1.29 is 24.4 Å². The molecule has 5 rings (SSSR count). The van der Waals surface area contributed by atoms with Crippen molar-refractivity contribution in [1.82, 2.24) is 4.98 Å². The fourth-order valence-electron chi connectivity index (χ4n) is 4.47. The molecule has 198 valence electrons. The summed E-state index contributed by atoms with van der Waals surface area (Å²) in [6, 6.07) is 16.9. The third kappa shape index (κ3) is 4.98. The highest BCUT2D eigenvalue weighted by Gasteiger charge is 2.48. The molecule has 10 heteroatoms. The highest BCUT2D eigenvalue weighted by molar-refractivity contribution is 7.22. The van der Waals surface area contributed by atoms with Crippen LogP contribution in [0, 0.1) is 17.0 Å². The van der Waals surface area contributed by atoms with Crippen molar-refractivity contribution in [3.63, 3.8) is 0 Å². The van der Waals surface area contributed by atoms with E-state index in [1.807, 2.05) is 25.1 Å². The predicted molar refractivity (Wildman–Crippen MR) is 149 cm³/mol. The van der Waals surface area contributed by atoms with Gasteiger partial charge in [-0.1, -0.05) is 42.9 Å². The number of non-ortho nitro benzene ring substituents is 1. The van der Waals surface area contributed by atoms with Gasteiger partial charge >= 0.3 is 5.91 Å². The number of hydrogen-bond donors (Lipinski definition) is 1. The van der Waals surface area contributed by atoms with Crippen LogP contribution in [-0.4, -0.2) is 33.3 Å². The molecule has 1 aliphatic rings. The van der Waals surface area contributed by atoms with Crippen molar-refractivity contribution in [2.45, 2.75) is 32.7 Å². The van der Waals surface area contributed by atoms with Crippen molar-refractivity contribution in [3.05, 3.63) is 99.1 Å². The first kappa shape index (κ1) is 26.1. The molecule has 4 aromatic rings. The Kier molecular flexibility index (Phi) is 7.12. The zero-order chi connectivity index (χ0) is 27.7. The van der Waals surface area contributed by atoms with Gasteiger partial charge in [0.1, 0.15) is 11.5 Å². The highest BCUT2D eigenvalue weighted by Crippen LogP contribution is 2.44. The van der Waals surface area contributed by atoms with Crippen molar-refractivity contribution in [1.29, 1.82) is 0 Å². The third-order valence-electron chi connectivity index (χ3n) is 6.48. The van der Waals surface area contributed by atoms with E-state index in [-0.39, 0.29) is 22.2 Å². The Morgan fingerprint density at radius 1 is 1.13 bits per heavy atom. The van der Waals surface area contributed by atoms with Gasteiger partial charge in [-0.2, -0.15) is 0 Å². The van der Waals surface area contributed by atoms with E-state index in [2.05, 4.69) is 11.9 Å². The fourth-order valence-corrected chi connectivity index (χ4v) is 5.56. The smallest absolute Gasteiger partial charge is 0.301 e. The van der Waals surface area contributed by atoms with Crippen LogP contribution >= 0.6 is 11.3 Å². The number of aliphatic hydroxyl groups is 1. The van der Waals surface area contributed by atoms with Gasteiger partial charge in [0, 0.05) is 17.7 Å². The molecule has 0 bridgehead atoms. The molecule has 1 fully saturated rings. The molecule has 9 nitrogen and oxygen atoms in total. The minimum atomic E-state index is -1.04. The number of ether oxygens (including phenoxy) is 1. The number of rotatable bonds is 8. The van der Waals surface area contributed by atoms with Crippen molar-refractivity contribution in [2.24, 2.45) is 0 Å². The topological polar surface area (TPSA) is 123 Å². The monoisotopic (exact) mass is 543 g/mol. The second kappa shape index (κ2) is 10.7. The lowest BCUT2D eigenvalue weighted by Gasteiger charge is -2.23. The van der Waals surface area contributed by atoms with Crippen LogP contribution in [0.5, 0.6) is 5.75 Å². The van der Waals surface area contributed by atoms with Crippen molar-refractivity contribution in [2.75, 3.05) is 11.5 Å². The van der Waals surface area contributed by atoms with Crippen LogP contribution in [0.25, 0.3) is 16.0 Å². The molecule has 2 heterocycles. The summed E-state index contributed by atoms with van der Waals surface area (Å²) in [5, 5.41) is 23.0. The predicted octanol–water partition coefficient (Wildman–Crippen LogP) is 6.32. The van der Waals surface area contributed by atoms with Gasteiger partial charge in [0.2, 0.25) is 0 Å². The number of aromatic nitrogens is 1. The van der Waals surface area contributed by atoms with Gasteiger partial charge in [0.15, 0.2) is 5.13 Å². The molecule has 1 saturated heterocycles. The summed E-state index contributed by atoms with van der Waals surface area (Å²) in [5.41, 5.74) is 2.16. The largest absolute Gasteiger partial charge is 0.507 e. The zero-order valence-electron chi connectivity index (χ0n) is 21.3. The Morgan fingerprint density at radius 3 is 2.62 bits per heavy atom. The molecule has 1 unspecified atom stereocenters. The van der Waals surface area contributed by atoms with Gasteiger partial charge < -0.3 is 9.84 Å². The molecule has 0 aliphatic carbocycles. The summed E-state index contributed by atoms with van der Waals surface area (Å²) in [7, 11) is 0. The van der Waals surface area contributed by atoms with Gasteiger partial charge in [0.25, 0.3) is 11.5 Å². The number of aliphatic hydroxyl groups excluding tert-OH is 1. The second-order valence-electron chi connectivity index (χ2n) is 9.22. The van der Waals surface area contributed by atoms with Crippen LogP contribution in [0.4, 0.5) is 10.8 Å². The summed E-state index contributed by atoms with van der Waals surface area (Å²) in [4.78, 5) is 43.5. The van der Waals surface area contributed by atoms with Crippen LogP contribution < -0.4 is 9.64 Å². The Balaban J connectivity index is 1.65. The number of thiazole rings is 1. The fraction of sp³-hybridized carbons (Fsp3) is 0.207. The normalized spacial score (nSPS) is 16.7. The van der Waals surface area contributed by atoms with E-state index in [4.69, 9.17) is 4.74 Å². The number of Topliss-reactive ketones (excluding diaryl/α,β-unsaturated/α-hetero) is 1. The lowest BCUT2D eigenvalue weighted by molar-refractivity contribution is -0.384. The number of amides is 1. The first-order valence-corrected chi connectivity index (χ1v) is 13.3. The van der Waals surface area contributed by atoms with Crippen LogP contribution in [0.1, 0.15) is 42.5 Å². The number of carbonyl (C=O) groups is 2. The van der Waals surface area contributed by atoms with E-state index in [1.165, 1.54) is 40.5 Å². The van der Waals surface area contributed by atoms with E-state index < -0.39 is 22.7 Å². The number of anilines is 1. The van der Waals surface area contributed by atoms with Crippen LogP contribution in [-0.2, 0) is 9.59 Å². The summed E-state index contributed by atoms with van der Waals surface area (Å²) in [6.07, 6.45) is 1.83. The molecular formula is C29H25N3O6S. The van der Waals surface area contributed by atoms with Crippen LogP contribution in [0.3, 0.4) is 0 Å². The Bertz CT molecular complexity index is 1630. The molecule has 0 radical (unpaired) electrons. The van der Waals surface area contributed by atoms with Gasteiger partial charge in [-0.3, -0.25) is 24.6 Å². The molecule has 0 spiro atoms. The molecule has 39 heavy (non-hydrogen) atoms. The molecule has 1 aliphatic heterocycles. The van der Waals surface area contributed by atoms with E-state index >= 15 is 0 Å². The minimum absolute atomic E-state index is 0.130. The number of nitro benzene ring substituents is 1. The number of carbonyl (C=O) groups excluding carboxylic acids is 2. The number of fused-ring (bicyclic) bond motifs is 1. The number of ketones is 1. The molecule has 1 amide bonds. The molecule has 1 N–H and O–H groups in total. The van der Waals surface area contributed by atoms with Gasteiger partial charge in [0.05, 0.1) is 33.4 Å². The Morgan fingerprint density at radius 2 is 1.90 bits per heavy atom. The molecule has 1 aromatic heterocycles. The maximum absolute atomic E-state index is 13.5. The van der Waals surface area contributed by atoms with E-state index in [0.29, 0.717) is 29.0 Å². The highest BCUT2D eigenvalue weighted by atomic mass is 32.1. The van der Waals surface area contributed by atoms with Crippen molar-refractivity contribution >= 4 is 49.8 Å². The first-order chi connectivity index (χ1) is 18.8. The second-order valence-corrected chi connectivity index (χ2v) is 10.2. The number of aryl methyl sites for hydroxylation is 1. The SMILES string of the molecule is CCCCOc1cccc(/C(O)=C2\C(=O)C(=O)N(c3nc4ccc(C)cc4s3)C2c2ccc([N+](=O)[O-])cc2)c1. The number of nitro groups is 1. The number of benzene rings is 3. The Labute approximate surface area is 228 Å². The van der Waals surface area contributed by atoms with Crippen LogP contribution in [0.15, 0.2) is 72.3 Å². The third-order valence-corrected chi connectivity index (χ3v) is 7.49. The molecule has 0 saturated carbocycles. The van der Waals surface area contributed by atoms with Gasteiger partial charge in [-0.15, -0.1) is 0 Å². The maximum atomic E-state index is 13.5. The lowest BCUT2D eigenvalue weighted by atomic mass is 9.95. The standard InChI is InChI=1S/C29H25N3O6S/c1-3-4-14-38-21-7-5-6-19(16-21)26(33)24-25(18-9-11-20(12-10-18)32(36)37)31(28(35)27(24)34)29-30-22-13-8-17(2)15-23(22)39-29/h5-13,15-16,25,33H,3-4,14H2,1-2H3/b26-24+. The summed E-state index contributed by atoms with van der Waals surface area (Å²) >= 11 is 1.25. The van der Waals surface area contributed by atoms with E-state index in [0.717, 1.165) is 23.1 Å².